The SMILES string of the molecule is CCC(O)CSCC(O)CSCC(O)CC. The van der Waals surface area contributed by atoms with Crippen LogP contribution in [0.25, 0.3) is 0 Å². The molecule has 0 bridgehead atoms. The highest BCUT2D eigenvalue weighted by molar-refractivity contribution is 8.00. The molecule has 2 atom stereocenters. The van der Waals surface area contributed by atoms with Gasteiger partial charge in [-0.25, -0.2) is 0 Å². The van der Waals surface area contributed by atoms with Gasteiger partial charge >= 0.3 is 0 Å². The zero-order valence-corrected chi connectivity index (χ0v) is 11.8. The van der Waals surface area contributed by atoms with Crippen LogP contribution < -0.4 is 0 Å². The Kier molecular flexibility index (Phi) is 11.1. The van der Waals surface area contributed by atoms with Crippen LogP contribution in [-0.4, -0.2) is 56.6 Å². The molecule has 0 aliphatic carbocycles. The van der Waals surface area contributed by atoms with E-state index in [4.69, 9.17) is 0 Å². The van der Waals surface area contributed by atoms with E-state index < -0.39 is 0 Å². The van der Waals surface area contributed by atoms with Crippen LogP contribution in [-0.2, 0) is 0 Å². The summed E-state index contributed by atoms with van der Waals surface area (Å²) >= 11 is 3.17. The molecule has 0 amide bonds. The Morgan fingerprint density at radius 3 is 1.31 bits per heavy atom. The van der Waals surface area contributed by atoms with Crippen LogP contribution in [0.4, 0.5) is 0 Å². The molecular weight excluding hydrogens is 244 g/mol. The Morgan fingerprint density at radius 1 is 0.688 bits per heavy atom. The molecule has 0 aromatic rings. The fraction of sp³-hybridized carbons (Fsp3) is 1.00. The van der Waals surface area contributed by atoms with Crippen molar-refractivity contribution in [2.24, 2.45) is 0 Å². The number of aliphatic hydroxyl groups is 3. The lowest BCUT2D eigenvalue weighted by atomic mass is 10.3. The van der Waals surface area contributed by atoms with E-state index in [-0.39, 0.29) is 18.3 Å². The third-order valence-electron chi connectivity index (χ3n) is 2.18. The van der Waals surface area contributed by atoms with Crippen molar-refractivity contribution in [1.29, 1.82) is 0 Å². The number of thioether (sulfide) groups is 2. The molecule has 0 aromatic carbocycles. The Labute approximate surface area is 107 Å². The van der Waals surface area contributed by atoms with Crippen LogP contribution in [0.5, 0.6) is 0 Å². The molecule has 5 heteroatoms. The number of aliphatic hydroxyl groups excluding tert-OH is 3. The molecule has 0 fully saturated rings. The summed E-state index contributed by atoms with van der Waals surface area (Å²) in [6.45, 7) is 3.90. The summed E-state index contributed by atoms with van der Waals surface area (Å²) < 4.78 is 0. The predicted octanol–water partition coefficient (Wildman–Crippen LogP) is 1.36. The Bertz CT molecular complexity index is 142. The van der Waals surface area contributed by atoms with Crippen LogP contribution >= 0.6 is 23.5 Å². The van der Waals surface area contributed by atoms with Gasteiger partial charge in [-0.3, -0.25) is 0 Å². The van der Waals surface area contributed by atoms with Gasteiger partial charge < -0.3 is 15.3 Å². The van der Waals surface area contributed by atoms with Crippen LogP contribution in [0.3, 0.4) is 0 Å². The summed E-state index contributed by atoms with van der Waals surface area (Å²) in [6, 6.07) is 0. The molecule has 2 unspecified atom stereocenters. The summed E-state index contributed by atoms with van der Waals surface area (Å²) in [5.74, 6) is 2.70. The smallest absolute Gasteiger partial charge is 0.0720 e. The molecule has 0 rings (SSSR count). The molecule has 0 heterocycles. The zero-order chi connectivity index (χ0) is 12.4. The van der Waals surface area contributed by atoms with Gasteiger partial charge in [0, 0.05) is 23.0 Å². The number of hydrogen-bond donors (Lipinski definition) is 3. The van der Waals surface area contributed by atoms with E-state index in [0.29, 0.717) is 23.0 Å². The van der Waals surface area contributed by atoms with Gasteiger partial charge in [0.1, 0.15) is 0 Å². The molecule has 3 N–H and O–H groups in total. The second-order valence-electron chi connectivity index (χ2n) is 3.85. The minimum atomic E-state index is -0.344. The fourth-order valence-electron chi connectivity index (χ4n) is 0.964. The zero-order valence-electron chi connectivity index (χ0n) is 10.1. The molecule has 0 aliphatic heterocycles. The number of rotatable bonds is 10. The molecule has 0 spiro atoms. The highest BCUT2D eigenvalue weighted by atomic mass is 32.2. The van der Waals surface area contributed by atoms with Crippen molar-refractivity contribution in [2.45, 2.75) is 45.0 Å². The monoisotopic (exact) mass is 268 g/mol. The van der Waals surface area contributed by atoms with Crippen molar-refractivity contribution in [3.05, 3.63) is 0 Å². The molecule has 3 nitrogen and oxygen atoms in total. The molecular formula is C11H24O3S2. The van der Waals surface area contributed by atoms with E-state index in [1.165, 1.54) is 0 Å². The first-order chi connectivity index (χ1) is 7.60. The van der Waals surface area contributed by atoms with Gasteiger partial charge in [-0.2, -0.15) is 23.5 Å². The Hall–Kier alpha value is 0.580. The third-order valence-corrected chi connectivity index (χ3v) is 4.67. The minimum Gasteiger partial charge on any atom is -0.392 e. The maximum absolute atomic E-state index is 9.62. The van der Waals surface area contributed by atoms with E-state index in [1.54, 1.807) is 23.5 Å². The van der Waals surface area contributed by atoms with E-state index in [1.807, 2.05) is 13.8 Å². The van der Waals surface area contributed by atoms with Gasteiger partial charge in [-0.1, -0.05) is 13.8 Å². The van der Waals surface area contributed by atoms with Gasteiger partial charge in [0.15, 0.2) is 0 Å². The first kappa shape index (κ1) is 16.6. The normalized spacial score (nSPS) is 17.1. The third kappa shape index (κ3) is 9.78. The number of hydrogen-bond acceptors (Lipinski definition) is 5. The largest absolute Gasteiger partial charge is 0.392 e. The van der Waals surface area contributed by atoms with Crippen molar-refractivity contribution < 1.29 is 15.3 Å². The van der Waals surface area contributed by atoms with E-state index >= 15 is 0 Å². The van der Waals surface area contributed by atoms with Crippen molar-refractivity contribution >= 4 is 23.5 Å². The van der Waals surface area contributed by atoms with Gasteiger partial charge in [0.25, 0.3) is 0 Å². The van der Waals surface area contributed by atoms with Crippen LogP contribution in [0, 0.1) is 0 Å². The quantitative estimate of drug-likeness (QED) is 0.558. The molecule has 98 valence electrons. The van der Waals surface area contributed by atoms with Crippen molar-refractivity contribution in [2.75, 3.05) is 23.0 Å². The summed E-state index contributed by atoms with van der Waals surface area (Å²) in [4.78, 5) is 0. The predicted molar refractivity (Wildman–Crippen MR) is 73.3 cm³/mol. The summed E-state index contributed by atoms with van der Waals surface area (Å²) in [5.41, 5.74) is 0. The average molecular weight is 268 g/mol. The fourth-order valence-corrected chi connectivity index (χ4v) is 3.18. The van der Waals surface area contributed by atoms with Crippen LogP contribution in [0.1, 0.15) is 26.7 Å². The molecule has 0 radical (unpaired) electrons. The second kappa shape index (κ2) is 10.7. The van der Waals surface area contributed by atoms with Gasteiger partial charge in [-0.05, 0) is 12.8 Å². The lowest BCUT2D eigenvalue weighted by Gasteiger charge is -2.13. The van der Waals surface area contributed by atoms with Crippen LogP contribution in [0.15, 0.2) is 0 Å². The van der Waals surface area contributed by atoms with Crippen molar-refractivity contribution in [3.8, 4) is 0 Å². The highest BCUT2D eigenvalue weighted by Gasteiger charge is 2.08. The lowest BCUT2D eigenvalue weighted by Crippen LogP contribution is -2.18. The topological polar surface area (TPSA) is 60.7 Å². The molecule has 16 heavy (non-hydrogen) atoms. The average Bonchev–Trinajstić information content (AvgIpc) is 2.28. The highest BCUT2D eigenvalue weighted by Crippen LogP contribution is 2.12. The first-order valence-electron chi connectivity index (χ1n) is 5.79. The lowest BCUT2D eigenvalue weighted by molar-refractivity contribution is 0.194. The second-order valence-corrected chi connectivity index (χ2v) is 6.00. The molecule has 0 saturated carbocycles. The Balaban J connectivity index is 3.34. The summed E-state index contributed by atoms with van der Waals surface area (Å²) in [7, 11) is 0. The van der Waals surface area contributed by atoms with E-state index in [0.717, 1.165) is 12.8 Å². The standard InChI is InChI=1S/C11H24O3S2/c1-3-9(12)5-15-7-11(14)8-16-6-10(13)4-2/h9-14H,3-8H2,1-2H3. The van der Waals surface area contributed by atoms with E-state index in [2.05, 4.69) is 0 Å². The minimum absolute atomic E-state index is 0.258. The molecule has 0 aliphatic rings. The van der Waals surface area contributed by atoms with Crippen molar-refractivity contribution in [3.63, 3.8) is 0 Å². The first-order valence-corrected chi connectivity index (χ1v) is 8.10. The molecule has 0 aromatic heterocycles. The van der Waals surface area contributed by atoms with Gasteiger partial charge in [0.2, 0.25) is 0 Å². The maximum atomic E-state index is 9.62. The summed E-state index contributed by atoms with van der Waals surface area (Å²) in [5, 5.41) is 28.2. The van der Waals surface area contributed by atoms with Gasteiger partial charge in [-0.15, -0.1) is 0 Å². The van der Waals surface area contributed by atoms with Gasteiger partial charge in [0.05, 0.1) is 18.3 Å². The summed E-state index contributed by atoms with van der Waals surface area (Å²) in [6.07, 6.45) is 0.669. The Morgan fingerprint density at radius 2 is 1.00 bits per heavy atom. The molecule has 0 saturated heterocycles. The maximum Gasteiger partial charge on any atom is 0.0720 e. The van der Waals surface area contributed by atoms with Crippen LogP contribution in [0.2, 0.25) is 0 Å². The van der Waals surface area contributed by atoms with Crippen molar-refractivity contribution in [1.82, 2.24) is 0 Å². The van der Waals surface area contributed by atoms with E-state index in [9.17, 15) is 15.3 Å².